The van der Waals surface area contributed by atoms with Crippen LogP contribution in [0.4, 0.5) is 11.4 Å². The van der Waals surface area contributed by atoms with E-state index in [2.05, 4.69) is 89.4 Å². The van der Waals surface area contributed by atoms with Crippen LogP contribution in [0.5, 0.6) is 0 Å². The summed E-state index contributed by atoms with van der Waals surface area (Å²) >= 11 is 0. The molecule has 3 aromatic rings. The molecule has 0 aliphatic carbocycles. The van der Waals surface area contributed by atoms with Gasteiger partial charge >= 0.3 is 5.82 Å². The first-order valence-electron chi connectivity index (χ1n) is 12.6. The van der Waals surface area contributed by atoms with Gasteiger partial charge in [-0.05, 0) is 49.2 Å². The predicted octanol–water partition coefficient (Wildman–Crippen LogP) is 0.756. The Hall–Kier alpha value is -3.62. The van der Waals surface area contributed by atoms with Crippen molar-refractivity contribution in [3.63, 3.8) is 0 Å². The van der Waals surface area contributed by atoms with Crippen molar-refractivity contribution in [2.75, 3.05) is 51.1 Å². The van der Waals surface area contributed by atoms with E-state index in [-0.39, 0.29) is 24.6 Å². The number of rotatable bonds is 8. The monoisotopic (exact) mass is 535 g/mol. The maximum Gasteiger partial charge on any atom is 0.334 e. The van der Waals surface area contributed by atoms with E-state index in [9.17, 15) is 0 Å². The Morgan fingerprint density at radius 1 is 0.842 bits per heavy atom. The fourth-order valence-corrected chi connectivity index (χ4v) is 4.22. The summed E-state index contributed by atoms with van der Waals surface area (Å²) in [6.07, 6.45) is 12.1. The highest BCUT2D eigenvalue weighted by molar-refractivity contribution is 5.80. The van der Waals surface area contributed by atoms with Crippen LogP contribution in [0.25, 0.3) is 6.08 Å². The minimum Gasteiger partial charge on any atom is -1.00 e. The quantitative estimate of drug-likeness (QED) is 0.316. The molecule has 0 amide bonds. The van der Waals surface area contributed by atoms with E-state index in [4.69, 9.17) is 14.9 Å². The molecule has 0 bridgehead atoms. The Labute approximate surface area is 232 Å². The number of hydrogen-bond acceptors (Lipinski definition) is 6. The lowest BCUT2D eigenvalue weighted by Gasteiger charge is -2.34. The Morgan fingerprint density at radius 2 is 1.37 bits per heavy atom. The first-order chi connectivity index (χ1) is 17.8. The first-order valence-corrected chi connectivity index (χ1v) is 12.6. The Balaban J connectivity index is 0.00000400. The van der Waals surface area contributed by atoms with Crippen LogP contribution < -0.4 is 26.9 Å². The Morgan fingerprint density at radius 3 is 1.89 bits per heavy atom. The molecule has 1 aliphatic rings. The summed E-state index contributed by atoms with van der Waals surface area (Å²) in [6.45, 7) is 5.92. The van der Waals surface area contributed by atoms with E-state index >= 15 is 0 Å². The third kappa shape index (κ3) is 7.69. The van der Waals surface area contributed by atoms with E-state index in [1.54, 1.807) is 0 Å². The normalized spacial score (nSPS) is 17.9. The van der Waals surface area contributed by atoms with Gasteiger partial charge in [0.2, 0.25) is 0 Å². The highest BCUT2D eigenvalue weighted by Gasteiger charge is 2.21. The van der Waals surface area contributed by atoms with Gasteiger partial charge in [-0.1, -0.05) is 43.8 Å². The molecule has 0 saturated carbocycles. The van der Waals surface area contributed by atoms with Gasteiger partial charge in [0.1, 0.15) is 0 Å². The number of nitrogens with zero attached hydrogens (tertiary/aromatic N) is 7. The average molecular weight is 536 g/mol. The van der Waals surface area contributed by atoms with Crippen LogP contribution in [0, 0.1) is 0 Å². The standard InChI is InChI=1S/C29H38N7O.ClH/c1-23-21-34(22-24(2)37-23)16-15-29-35(30-19-25-7-11-27(12-8-25)32(3)4)17-18-36(29)31-20-26-9-13-28(14-10-26)33(5)6;/h7-20,23-24H,21-22H2,1-6H3;1H/q+1;/p-1. The second kappa shape index (κ2) is 13.3. The van der Waals surface area contributed by atoms with Gasteiger partial charge in [0.25, 0.3) is 0 Å². The molecule has 4 rings (SSSR count). The predicted molar refractivity (Wildman–Crippen MR) is 153 cm³/mol. The molecule has 1 aliphatic heterocycles. The third-order valence-electron chi connectivity index (χ3n) is 6.18. The SMILES string of the molecule is CC1CN(C=Cc2n(N=Cc3ccc(N(C)C)cc3)cc[n+]2N=Cc2ccc(N(C)C)cc2)CC(C)O1.[Cl-]. The van der Waals surface area contributed by atoms with Crippen molar-refractivity contribution in [2.45, 2.75) is 26.1 Å². The molecule has 202 valence electrons. The number of aromatic nitrogens is 2. The lowest BCUT2D eigenvalue weighted by atomic mass is 10.2. The second-order valence-electron chi connectivity index (χ2n) is 9.83. The van der Waals surface area contributed by atoms with Crippen molar-refractivity contribution in [1.82, 2.24) is 9.58 Å². The van der Waals surface area contributed by atoms with Crippen molar-refractivity contribution < 1.29 is 21.8 Å². The van der Waals surface area contributed by atoms with Crippen LogP contribution >= 0.6 is 0 Å². The first kappa shape index (κ1) is 28.9. The molecular weight excluding hydrogens is 498 g/mol. The molecule has 1 saturated heterocycles. The summed E-state index contributed by atoms with van der Waals surface area (Å²) in [5, 5.41) is 9.47. The largest absolute Gasteiger partial charge is 1.00 e. The van der Waals surface area contributed by atoms with Gasteiger partial charge in [0.05, 0.1) is 24.6 Å². The molecule has 8 nitrogen and oxygen atoms in total. The topological polar surface area (TPSA) is 52.5 Å². The summed E-state index contributed by atoms with van der Waals surface area (Å²) < 4.78 is 9.57. The van der Waals surface area contributed by atoms with E-state index in [0.29, 0.717) is 0 Å². The van der Waals surface area contributed by atoms with Crippen LogP contribution in [0.2, 0.25) is 0 Å². The fourth-order valence-electron chi connectivity index (χ4n) is 4.22. The van der Waals surface area contributed by atoms with E-state index < -0.39 is 0 Å². The molecule has 9 heteroatoms. The zero-order valence-corrected chi connectivity index (χ0v) is 23.8. The number of hydrogen-bond donors (Lipinski definition) is 0. The molecule has 2 atom stereocenters. The van der Waals surface area contributed by atoms with Gasteiger partial charge in [-0.25, -0.2) is 0 Å². The van der Waals surface area contributed by atoms with Crippen molar-refractivity contribution in [3.8, 4) is 0 Å². The van der Waals surface area contributed by atoms with Gasteiger partial charge in [-0.3, -0.25) is 0 Å². The van der Waals surface area contributed by atoms with Crippen molar-refractivity contribution in [1.29, 1.82) is 0 Å². The number of ether oxygens (including phenoxy) is 1. The van der Waals surface area contributed by atoms with Gasteiger partial charge in [0.15, 0.2) is 12.4 Å². The van der Waals surface area contributed by atoms with Crippen LogP contribution in [0.15, 0.2) is 77.3 Å². The summed E-state index contributed by atoms with van der Waals surface area (Å²) in [5.74, 6) is 0.842. The van der Waals surface area contributed by atoms with Gasteiger partial charge < -0.3 is 31.8 Å². The molecule has 1 aromatic heterocycles. The number of benzene rings is 2. The molecule has 2 aromatic carbocycles. The summed E-state index contributed by atoms with van der Waals surface area (Å²) in [4.78, 5) is 6.45. The minimum atomic E-state index is 0. The van der Waals surface area contributed by atoms with Crippen molar-refractivity contribution >= 4 is 29.9 Å². The van der Waals surface area contributed by atoms with Gasteiger partial charge in [-0.2, -0.15) is 0 Å². The number of morpholine rings is 1. The summed E-state index contributed by atoms with van der Waals surface area (Å²) in [7, 11) is 8.14. The minimum absolute atomic E-state index is 0. The van der Waals surface area contributed by atoms with Gasteiger partial charge in [-0.15, -0.1) is 0 Å². The molecule has 0 spiro atoms. The average Bonchev–Trinajstić information content (AvgIpc) is 3.26. The third-order valence-corrected chi connectivity index (χ3v) is 6.18. The molecular formula is C29H38ClN7O. The molecule has 38 heavy (non-hydrogen) atoms. The van der Waals surface area contributed by atoms with E-state index in [1.807, 2.05) is 62.4 Å². The van der Waals surface area contributed by atoms with Crippen LogP contribution in [-0.2, 0) is 4.74 Å². The smallest absolute Gasteiger partial charge is 0.334 e. The Kier molecular flexibility index (Phi) is 10.1. The fraction of sp³-hybridized carbons (Fsp3) is 0.345. The lowest BCUT2D eigenvalue weighted by Crippen LogP contribution is -3.00. The van der Waals surface area contributed by atoms with Crippen molar-refractivity contribution in [2.24, 2.45) is 10.2 Å². The number of imidazole rings is 1. The maximum absolute atomic E-state index is 5.88. The molecule has 0 radical (unpaired) electrons. The van der Waals surface area contributed by atoms with Crippen LogP contribution in [-0.4, -0.2) is 75.5 Å². The van der Waals surface area contributed by atoms with Crippen LogP contribution in [0.3, 0.4) is 0 Å². The zero-order valence-electron chi connectivity index (χ0n) is 23.1. The Bertz CT molecular complexity index is 1160. The molecule has 2 heterocycles. The molecule has 2 unspecified atom stereocenters. The highest BCUT2D eigenvalue weighted by atomic mass is 35.5. The molecule has 1 fully saturated rings. The molecule has 0 N–H and O–H groups in total. The number of halogens is 1. The highest BCUT2D eigenvalue weighted by Crippen LogP contribution is 2.14. The van der Waals surface area contributed by atoms with E-state index in [1.165, 1.54) is 0 Å². The summed E-state index contributed by atoms with van der Waals surface area (Å²) in [5.41, 5.74) is 4.37. The van der Waals surface area contributed by atoms with Crippen molar-refractivity contribution in [3.05, 3.63) is 84.1 Å². The van der Waals surface area contributed by atoms with Crippen LogP contribution in [0.1, 0.15) is 30.8 Å². The van der Waals surface area contributed by atoms with E-state index in [0.717, 1.165) is 41.4 Å². The van der Waals surface area contributed by atoms with Gasteiger partial charge in [0, 0.05) is 64.9 Å². The second-order valence-corrected chi connectivity index (χ2v) is 9.83. The zero-order chi connectivity index (χ0) is 26.4. The maximum atomic E-state index is 5.88. The number of anilines is 2. The lowest BCUT2D eigenvalue weighted by molar-refractivity contribution is -0.679. The summed E-state index contributed by atoms with van der Waals surface area (Å²) in [6, 6.07) is 16.6.